The number of likely N-dealkylation sites (tertiary alicyclic amines) is 1. The molecule has 5 rings (SSSR count). The Morgan fingerprint density at radius 2 is 1.81 bits per heavy atom. The number of aryl methyl sites for hydroxylation is 1. The van der Waals surface area contributed by atoms with Crippen molar-refractivity contribution in [3.8, 4) is 0 Å². The summed E-state index contributed by atoms with van der Waals surface area (Å²) in [7, 11) is 1.78. The van der Waals surface area contributed by atoms with Crippen LogP contribution in [-0.2, 0) is 7.05 Å². The summed E-state index contributed by atoms with van der Waals surface area (Å²) >= 11 is 0. The van der Waals surface area contributed by atoms with Crippen molar-refractivity contribution in [3.05, 3.63) is 46.8 Å². The van der Waals surface area contributed by atoms with Crippen LogP contribution in [0.4, 0.5) is 5.95 Å². The normalized spacial score (nSPS) is 18.0. The average molecular weight is 422 g/mol. The number of aromatic nitrogens is 5. The van der Waals surface area contributed by atoms with Gasteiger partial charge in [0.2, 0.25) is 5.95 Å². The number of hydrogen-bond acceptors (Lipinski definition) is 6. The molecule has 0 bridgehead atoms. The summed E-state index contributed by atoms with van der Waals surface area (Å²) in [5.41, 5.74) is 2.13. The Morgan fingerprint density at radius 3 is 2.52 bits per heavy atom. The zero-order valence-corrected chi connectivity index (χ0v) is 17.7. The first-order valence-corrected chi connectivity index (χ1v) is 11.0. The first-order chi connectivity index (χ1) is 15.1. The van der Waals surface area contributed by atoms with Crippen molar-refractivity contribution in [2.24, 2.45) is 7.05 Å². The minimum absolute atomic E-state index is 0.0173. The van der Waals surface area contributed by atoms with E-state index in [1.54, 1.807) is 42.3 Å². The number of rotatable bonds is 4. The lowest BCUT2D eigenvalue weighted by atomic mass is 10.0. The molecule has 0 radical (unpaired) electrons. The molecule has 31 heavy (non-hydrogen) atoms. The molecule has 1 saturated heterocycles. The van der Waals surface area contributed by atoms with Gasteiger partial charge in [-0.1, -0.05) is 12.8 Å². The highest BCUT2D eigenvalue weighted by atomic mass is 16.2. The van der Waals surface area contributed by atoms with Gasteiger partial charge in [0.1, 0.15) is 5.52 Å². The number of imidazole rings is 1. The molecule has 1 aliphatic carbocycles. The van der Waals surface area contributed by atoms with Crippen molar-refractivity contribution in [3.63, 3.8) is 0 Å². The highest BCUT2D eigenvalue weighted by molar-refractivity contribution is 5.94. The standard InChI is InChI=1S/C22H27N7O2/c1-27-18-14-24-21(26-19(18)29(22(27)31)17-4-2-3-5-17)25-16-8-12-28(13-9-16)20(30)15-6-10-23-11-7-15/h6-7,10-11,14,16-17H,2-5,8-9,12-13H2,1H3,(H,24,25,26). The van der Waals surface area contributed by atoms with E-state index in [1.807, 2.05) is 9.47 Å². The Morgan fingerprint density at radius 1 is 1.10 bits per heavy atom. The first kappa shape index (κ1) is 19.7. The molecule has 9 heteroatoms. The molecule has 1 aliphatic heterocycles. The molecule has 9 nitrogen and oxygen atoms in total. The number of amides is 1. The average Bonchev–Trinajstić information content (AvgIpc) is 3.41. The second-order valence-corrected chi connectivity index (χ2v) is 8.50. The molecule has 0 spiro atoms. The molecule has 162 valence electrons. The fourth-order valence-electron chi connectivity index (χ4n) is 4.78. The van der Waals surface area contributed by atoms with Gasteiger partial charge in [-0.05, 0) is 37.8 Å². The van der Waals surface area contributed by atoms with Crippen molar-refractivity contribution in [1.82, 2.24) is 29.0 Å². The Hall–Kier alpha value is -3.23. The van der Waals surface area contributed by atoms with Crippen LogP contribution in [0.5, 0.6) is 0 Å². The number of anilines is 1. The zero-order valence-electron chi connectivity index (χ0n) is 17.7. The monoisotopic (exact) mass is 421 g/mol. The fourth-order valence-corrected chi connectivity index (χ4v) is 4.78. The summed E-state index contributed by atoms with van der Waals surface area (Å²) in [6, 6.07) is 3.91. The van der Waals surface area contributed by atoms with E-state index in [4.69, 9.17) is 4.98 Å². The van der Waals surface area contributed by atoms with Crippen LogP contribution in [0.2, 0.25) is 0 Å². The summed E-state index contributed by atoms with van der Waals surface area (Å²) in [4.78, 5) is 40.5. The van der Waals surface area contributed by atoms with Crippen LogP contribution < -0.4 is 11.0 Å². The zero-order chi connectivity index (χ0) is 21.4. The summed E-state index contributed by atoms with van der Waals surface area (Å²) in [6.07, 6.45) is 11.0. The van der Waals surface area contributed by atoms with Gasteiger partial charge in [0.15, 0.2) is 5.65 Å². The van der Waals surface area contributed by atoms with Gasteiger partial charge >= 0.3 is 5.69 Å². The minimum atomic E-state index is -0.0173. The summed E-state index contributed by atoms with van der Waals surface area (Å²) in [6.45, 7) is 1.36. The van der Waals surface area contributed by atoms with Crippen LogP contribution in [-0.4, -0.2) is 54.0 Å². The second kappa shape index (κ2) is 8.13. The third-order valence-corrected chi connectivity index (χ3v) is 6.57. The van der Waals surface area contributed by atoms with E-state index in [-0.39, 0.29) is 23.7 Å². The van der Waals surface area contributed by atoms with E-state index in [9.17, 15) is 9.59 Å². The topological polar surface area (TPSA) is 97.9 Å². The van der Waals surface area contributed by atoms with Gasteiger partial charge < -0.3 is 10.2 Å². The van der Waals surface area contributed by atoms with E-state index >= 15 is 0 Å². The van der Waals surface area contributed by atoms with Crippen LogP contribution in [0.1, 0.15) is 54.9 Å². The van der Waals surface area contributed by atoms with Crippen LogP contribution in [0.25, 0.3) is 11.2 Å². The SMILES string of the molecule is Cn1c(=O)n(C2CCCC2)c2nc(NC3CCN(C(=O)c4ccncc4)CC3)ncc21. The van der Waals surface area contributed by atoms with Gasteiger partial charge in [-0.3, -0.25) is 18.9 Å². The predicted octanol–water partition coefficient (Wildman–Crippen LogP) is 2.36. The van der Waals surface area contributed by atoms with E-state index < -0.39 is 0 Å². The number of fused-ring (bicyclic) bond motifs is 1. The maximum absolute atomic E-state index is 12.8. The van der Waals surface area contributed by atoms with E-state index in [0.717, 1.165) is 44.0 Å². The fraction of sp³-hybridized carbons (Fsp3) is 0.500. The van der Waals surface area contributed by atoms with Gasteiger partial charge in [0.05, 0.1) is 6.20 Å². The van der Waals surface area contributed by atoms with Crippen LogP contribution in [0.3, 0.4) is 0 Å². The van der Waals surface area contributed by atoms with E-state index in [0.29, 0.717) is 30.2 Å². The van der Waals surface area contributed by atoms with E-state index in [1.165, 1.54) is 0 Å². The maximum atomic E-state index is 12.8. The van der Waals surface area contributed by atoms with Crippen molar-refractivity contribution >= 4 is 23.0 Å². The molecular weight excluding hydrogens is 394 g/mol. The maximum Gasteiger partial charge on any atom is 0.330 e. The predicted molar refractivity (Wildman–Crippen MR) is 117 cm³/mol. The molecular formula is C22H27N7O2. The van der Waals surface area contributed by atoms with Gasteiger partial charge in [-0.15, -0.1) is 0 Å². The van der Waals surface area contributed by atoms with Crippen molar-refractivity contribution in [2.45, 2.75) is 50.6 Å². The molecule has 3 aromatic rings. The number of nitrogens with one attached hydrogen (secondary N) is 1. The molecule has 1 amide bonds. The highest BCUT2D eigenvalue weighted by Gasteiger charge is 2.26. The molecule has 0 aromatic carbocycles. The second-order valence-electron chi connectivity index (χ2n) is 8.50. The molecule has 0 unspecified atom stereocenters. The number of carbonyl (C=O) groups is 1. The minimum Gasteiger partial charge on any atom is -0.351 e. The molecule has 4 heterocycles. The van der Waals surface area contributed by atoms with Crippen molar-refractivity contribution < 1.29 is 4.79 Å². The van der Waals surface area contributed by atoms with Crippen LogP contribution in [0, 0.1) is 0 Å². The third kappa shape index (κ3) is 3.68. The Labute approximate surface area is 180 Å². The number of pyridine rings is 1. The van der Waals surface area contributed by atoms with Gasteiger partial charge in [-0.2, -0.15) is 4.98 Å². The summed E-state index contributed by atoms with van der Waals surface area (Å²) < 4.78 is 3.49. The Bertz CT molecular complexity index is 1140. The van der Waals surface area contributed by atoms with Gasteiger partial charge in [0.25, 0.3) is 5.91 Å². The molecule has 1 saturated carbocycles. The first-order valence-electron chi connectivity index (χ1n) is 11.0. The van der Waals surface area contributed by atoms with Gasteiger partial charge in [-0.25, -0.2) is 9.78 Å². The third-order valence-electron chi connectivity index (χ3n) is 6.57. The lowest BCUT2D eigenvalue weighted by Crippen LogP contribution is -2.42. The quantitative estimate of drug-likeness (QED) is 0.694. The number of piperidine rings is 1. The number of nitrogens with zero attached hydrogens (tertiary/aromatic N) is 6. The van der Waals surface area contributed by atoms with Crippen molar-refractivity contribution in [1.29, 1.82) is 0 Å². The van der Waals surface area contributed by atoms with Crippen LogP contribution in [0.15, 0.2) is 35.5 Å². The Balaban J connectivity index is 1.30. The lowest BCUT2D eigenvalue weighted by molar-refractivity contribution is 0.0718. The smallest absolute Gasteiger partial charge is 0.330 e. The molecule has 0 atom stereocenters. The summed E-state index contributed by atoms with van der Waals surface area (Å²) in [5.74, 6) is 0.590. The summed E-state index contributed by atoms with van der Waals surface area (Å²) in [5, 5.41) is 3.42. The van der Waals surface area contributed by atoms with Crippen molar-refractivity contribution in [2.75, 3.05) is 18.4 Å². The highest BCUT2D eigenvalue weighted by Crippen LogP contribution is 2.30. The number of hydrogen-bond donors (Lipinski definition) is 1. The lowest BCUT2D eigenvalue weighted by Gasteiger charge is -2.32. The number of carbonyl (C=O) groups excluding carboxylic acids is 1. The molecule has 2 aliphatic rings. The largest absolute Gasteiger partial charge is 0.351 e. The van der Waals surface area contributed by atoms with Gasteiger partial charge in [0, 0.05) is 50.2 Å². The molecule has 3 aromatic heterocycles. The molecule has 1 N–H and O–H groups in total. The van der Waals surface area contributed by atoms with E-state index in [2.05, 4.69) is 15.3 Å². The van der Waals surface area contributed by atoms with Crippen LogP contribution >= 0.6 is 0 Å². The molecule has 2 fully saturated rings. The Kier molecular flexibility index (Phi) is 5.17.